The largest absolute Gasteiger partial charge is 0.493 e. The number of aryl methyl sites for hydroxylation is 1. The molecule has 1 saturated carbocycles. The monoisotopic (exact) mass is 304 g/mol. The molecule has 1 saturated heterocycles. The molecule has 2 fully saturated rings. The lowest BCUT2D eigenvalue weighted by atomic mass is 9.55. The van der Waals surface area contributed by atoms with Gasteiger partial charge < -0.3 is 14.6 Å². The van der Waals surface area contributed by atoms with Gasteiger partial charge in [0.2, 0.25) is 5.88 Å². The minimum absolute atomic E-state index is 0.0290. The molecule has 0 aromatic carbocycles. The molecule has 2 heterocycles. The fraction of sp³-hybridized carbons (Fsp3) is 0.765. The van der Waals surface area contributed by atoms with E-state index in [1.165, 1.54) is 0 Å². The molecule has 0 unspecified atom stereocenters. The molecule has 3 aliphatic rings. The van der Waals surface area contributed by atoms with E-state index in [1.807, 2.05) is 6.92 Å². The first-order valence-corrected chi connectivity index (χ1v) is 8.31. The predicted molar refractivity (Wildman–Crippen MR) is 80.6 cm³/mol. The number of aromatic nitrogens is 2. The Morgan fingerprint density at radius 1 is 1.18 bits per heavy atom. The van der Waals surface area contributed by atoms with Gasteiger partial charge in [-0.25, -0.2) is 4.98 Å². The van der Waals surface area contributed by atoms with E-state index >= 15 is 0 Å². The van der Waals surface area contributed by atoms with Crippen LogP contribution in [-0.2, 0) is 21.3 Å². The van der Waals surface area contributed by atoms with Gasteiger partial charge in [0.1, 0.15) is 5.82 Å². The van der Waals surface area contributed by atoms with E-state index in [0.717, 1.165) is 36.9 Å². The number of hydrogen-bond donors (Lipinski definition) is 1. The third kappa shape index (κ3) is 1.78. The second-order valence-corrected chi connectivity index (χ2v) is 7.28. The summed E-state index contributed by atoms with van der Waals surface area (Å²) in [4.78, 5) is 8.87. The molecular formula is C17H24N2O3. The summed E-state index contributed by atoms with van der Waals surface area (Å²) in [6.45, 7) is 7.80. The zero-order valence-corrected chi connectivity index (χ0v) is 13.6. The SMILES string of the molecule is Cc1nc(O)c2c(n1)[C@@]1(C)CCC3(OCCO3)[C@@H](C)[C@@H]1CC2. The number of ether oxygens (including phenoxy) is 2. The second kappa shape index (κ2) is 4.65. The van der Waals surface area contributed by atoms with Crippen LogP contribution in [0.3, 0.4) is 0 Å². The van der Waals surface area contributed by atoms with Gasteiger partial charge in [-0.05, 0) is 32.1 Å². The van der Waals surface area contributed by atoms with Crippen molar-refractivity contribution in [1.82, 2.24) is 9.97 Å². The van der Waals surface area contributed by atoms with Gasteiger partial charge in [0.25, 0.3) is 0 Å². The van der Waals surface area contributed by atoms with Crippen molar-refractivity contribution < 1.29 is 14.6 Å². The minimum Gasteiger partial charge on any atom is -0.493 e. The van der Waals surface area contributed by atoms with Crippen LogP contribution >= 0.6 is 0 Å². The molecule has 1 spiro atoms. The molecule has 0 bridgehead atoms. The van der Waals surface area contributed by atoms with E-state index in [0.29, 0.717) is 30.9 Å². The molecule has 0 amide bonds. The van der Waals surface area contributed by atoms with Crippen molar-refractivity contribution in [3.63, 3.8) is 0 Å². The number of hydrogen-bond acceptors (Lipinski definition) is 5. The lowest BCUT2D eigenvalue weighted by Crippen LogP contribution is -2.55. The van der Waals surface area contributed by atoms with Crippen molar-refractivity contribution in [3.8, 4) is 5.88 Å². The highest BCUT2D eigenvalue weighted by Crippen LogP contribution is 2.57. The molecule has 0 radical (unpaired) electrons. The summed E-state index contributed by atoms with van der Waals surface area (Å²) in [5, 5.41) is 10.2. The summed E-state index contributed by atoms with van der Waals surface area (Å²) in [7, 11) is 0. The Morgan fingerprint density at radius 2 is 1.91 bits per heavy atom. The Kier molecular flexibility index (Phi) is 3.04. The summed E-state index contributed by atoms with van der Waals surface area (Å²) in [5.74, 6) is 1.22. The Morgan fingerprint density at radius 3 is 2.64 bits per heavy atom. The molecule has 4 rings (SSSR count). The summed E-state index contributed by atoms with van der Waals surface area (Å²) in [5.41, 5.74) is 1.97. The van der Waals surface area contributed by atoms with Crippen LogP contribution < -0.4 is 0 Å². The maximum absolute atomic E-state index is 10.2. The average Bonchev–Trinajstić information content (AvgIpc) is 2.94. The van der Waals surface area contributed by atoms with Crippen LogP contribution in [0.2, 0.25) is 0 Å². The summed E-state index contributed by atoms with van der Waals surface area (Å²) in [6.07, 6.45) is 3.73. The minimum atomic E-state index is -0.397. The van der Waals surface area contributed by atoms with Gasteiger partial charge in [0.15, 0.2) is 5.79 Å². The van der Waals surface area contributed by atoms with Crippen molar-refractivity contribution in [2.45, 2.75) is 57.7 Å². The molecule has 1 aliphatic heterocycles. The first kappa shape index (κ1) is 14.4. The molecule has 5 heteroatoms. The van der Waals surface area contributed by atoms with Gasteiger partial charge in [-0.15, -0.1) is 0 Å². The third-order valence-corrected chi connectivity index (χ3v) is 6.23. The van der Waals surface area contributed by atoms with Crippen molar-refractivity contribution in [1.29, 1.82) is 0 Å². The van der Waals surface area contributed by atoms with Gasteiger partial charge in [0.05, 0.1) is 18.9 Å². The zero-order chi connectivity index (χ0) is 15.5. The average molecular weight is 304 g/mol. The first-order valence-electron chi connectivity index (χ1n) is 8.31. The normalized spacial score (nSPS) is 36.1. The summed E-state index contributed by atoms with van der Waals surface area (Å²) in [6, 6.07) is 0. The Hall–Kier alpha value is -1.20. The van der Waals surface area contributed by atoms with Crippen LogP contribution in [0.1, 0.15) is 50.2 Å². The smallest absolute Gasteiger partial charge is 0.217 e. The molecule has 1 aromatic heterocycles. The molecule has 1 aromatic rings. The highest BCUT2D eigenvalue weighted by atomic mass is 16.7. The van der Waals surface area contributed by atoms with Crippen molar-refractivity contribution >= 4 is 0 Å². The predicted octanol–water partition coefficient (Wildman–Crippen LogP) is 2.48. The zero-order valence-electron chi connectivity index (χ0n) is 13.6. The lowest BCUT2D eigenvalue weighted by Gasteiger charge is -2.54. The molecule has 5 nitrogen and oxygen atoms in total. The summed E-state index contributed by atoms with van der Waals surface area (Å²) >= 11 is 0. The van der Waals surface area contributed by atoms with Crippen molar-refractivity contribution in [2.24, 2.45) is 11.8 Å². The van der Waals surface area contributed by atoms with Crippen LogP contribution in [0.5, 0.6) is 5.88 Å². The highest BCUT2D eigenvalue weighted by Gasteiger charge is 2.57. The fourth-order valence-electron chi connectivity index (χ4n) is 5.03. The standard InChI is InChI=1S/C17H24N2O3/c1-10-13-5-4-12-14(18-11(2)19-15(12)20)16(13,3)6-7-17(10)21-8-9-22-17/h10,13H,4-9H2,1-3H3,(H,18,19,20)/t10-,13-,16-/m0/s1. The number of nitrogens with zero attached hydrogens (tertiary/aromatic N) is 2. The van der Waals surface area contributed by atoms with E-state index < -0.39 is 5.79 Å². The summed E-state index contributed by atoms with van der Waals surface area (Å²) < 4.78 is 12.0. The van der Waals surface area contributed by atoms with Crippen molar-refractivity contribution in [3.05, 3.63) is 17.1 Å². The molecule has 2 aliphatic carbocycles. The quantitative estimate of drug-likeness (QED) is 0.798. The molecule has 3 atom stereocenters. The van der Waals surface area contributed by atoms with E-state index in [4.69, 9.17) is 14.5 Å². The van der Waals surface area contributed by atoms with Crippen LogP contribution in [0.25, 0.3) is 0 Å². The topological polar surface area (TPSA) is 64.5 Å². The van der Waals surface area contributed by atoms with E-state index in [1.54, 1.807) is 0 Å². The highest BCUT2D eigenvalue weighted by molar-refractivity contribution is 5.39. The molecule has 22 heavy (non-hydrogen) atoms. The van der Waals surface area contributed by atoms with Crippen molar-refractivity contribution in [2.75, 3.05) is 13.2 Å². The van der Waals surface area contributed by atoms with Gasteiger partial charge in [-0.2, -0.15) is 4.98 Å². The van der Waals surface area contributed by atoms with Crippen LogP contribution in [-0.4, -0.2) is 34.1 Å². The number of rotatable bonds is 0. The van der Waals surface area contributed by atoms with Crippen LogP contribution in [0, 0.1) is 18.8 Å². The lowest BCUT2D eigenvalue weighted by molar-refractivity contribution is -0.234. The van der Waals surface area contributed by atoms with Gasteiger partial charge >= 0.3 is 0 Å². The second-order valence-electron chi connectivity index (χ2n) is 7.28. The fourth-order valence-corrected chi connectivity index (χ4v) is 5.03. The molecule has 120 valence electrons. The molecular weight excluding hydrogens is 280 g/mol. The Labute approximate surface area is 131 Å². The molecule has 1 N–H and O–H groups in total. The van der Waals surface area contributed by atoms with Crippen LogP contribution in [0.15, 0.2) is 0 Å². The van der Waals surface area contributed by atoms with Crippen LogP contribution in [0.4, 0.5) is 0 Å². The van der Waals surface area contributed by atoms with E-state index in [9.17, 15) is 5.11 Å². The first-order chi connectivity index (χ1) is 10.5. The maximum atomic E-state index is 10.2. The maximum Gasteiger partial charge on any atom is 0.217 e. The Balaban J connectivity index is 1.78. The number of fused-ring (bicyclic) bond motifs is 3. The third-order valence-electron chi connectivity index (χ3n) is 6.23. The Bertz CT molecular complexity index is 612. The van der Waals surface area contributed by atoms with E-state index in [2.05, 4.69) is 18.8 Å². The van der Waals surface area contributed by atoms with Gasteiger partial charge in [0, 0.05) is 23.3 Å². The van der Waals surface area contributed by atoms with E-state index in [-0.39, 0.29) is 11.3 Å². The number of aromatic hydroxyl groups is 1. The van der Waals surface area contributed by atoms with Gasteiger partial charge in [-0.1, -0.05) is 13.8 Å². The van der Waals surface area contributed by atoms with Gasteiger partial charge in [-0.3, -0.25) is 0 Å².